The number of amides is 2. The van der Waals surface area contributed by atoms with E-state index in [1.54, 1.807) is 7.11 Å². The number of hydrogen-bond acceptors (Lipinski definition) is 6. The number of carbonyl (C=O) groups excluding carboxylic acids is 2. The smallest absolute Gasteiger partial charge is 0.237 e. The summed E-state index contributed by atoms with van der Waals surface area (Å²) in [5, 5.41) is 12.1. The van der Waals surface area contributed by atoms with Crippen molar-refractivity contribution in [2.24, 2.45) is 7.05 Å². The van der Waals surface area contributed by atoms with E-state index in [2.05, 4.69) is 21.6 Å². The molecule has 33 heavy (non-hydrogen) atoms. The molecular weight excluding hydrogens is 438 g/mol. The molecule has 8 nitrogen and oxygen atoms in total. The molecule has 0 saturated carbocycles. The molecule has 2 heterocycles. The molecule has 1 aromatic heterocycles. The number of nitrogens with zero attached hydrogens (tertiary/aromatic N) is 4. The third-order valence-electron chi connectivity index (χ3n) is 5.67. The van der Waals surface area contributed by atoms with E-state index < -0.39 is 0 Å². The van der Waals surface area contributed by atoms with Gasteiger partial charge >= 0.3 is 0 Å². The van der Waals surface area contributed by atoms with E-state index >= 15 is 0 Å². The summed E-state index contributed by atoms with van der Waals surface area (Å²) in [5.41, 5.74) is 3.10. The number of ether oxygens (including phenoxy) is 1. The minimum absolute atomic E-state index is 0.0512. The summed E-state index contributed by atoms with van der Waals surface area (Å²) in [7, 11) is 3.46. The largest absolute Gasteiger partial charge is 0.497 e. The third-order valence-corrected chi connectivity index (χ3v) is 6.68. The number of benzene rings is 2. The van der Waals surface area contributed by atoms with Gasteiger partial charge in [-0.15, -0.1) is 10.2 Å². The molecule has 0 bridgehead atoms. The van der Waals surface area contributed by atoms with E-state index in [9.17, 15) is 9.59 Å². The zero-order valence-corrected chi connectivity index (χ0v) is 19.8. The van der Waals surface area contributed by atoms with Crippen LogP contribution in [0.4, 0.5) is 5.69 Å². The maximum atomic E-state index is 12.8. The zero-order valence-electron chi connectivity index (χ0n) is 18.9. The minimum Gasteiger partial charge on any atom is -0.497 e. The number of thioether (sulfide) groups is 1. The molecule has 4 rings (SSSR count). The van der Waals surface area contributed by atoms with Crippen molar-refractivity contribution in [1.82, 2.24) is 20.1 Å². The second-order valence-electron chi connectivity index (χ2n) is 7.93. The summed E-state index contributed by atoms with van der Waals surface area (Å²) < 4.78 is 6.97. The molecule has 0 radical (unpaired) electrons. The number of methoxy groups -OCH3 is 1. The summed E-state index contributed by atoms with van der Waals surface area (Å²) in [6.07, 6.45) is 1.15. The van der Waals surface area contributed by atoms with Gasteiger partial charge < -0.3 is 19.5 Å². The van der Waals surface area contributed by atoms with Gasteiger partial charge in [0.15, 0.2) is 11.0 Å². The van der Waals surface area contributed by atoms with Crippen molar-refractivity contribution in [3.8, 4) is 5.75 Å². The predicted molar refractivity (Wildman–Crippen MR) is 127 cm³/mol. The van der Waals surface area contributed by atoms with Crippen molar-refractivity contribution in [2.45, 2.75) is 31.0 Å². The molecule has 0 aliphatic carbocycles. The minimum atomic E-state index is -0.316. The lowest BCUT2D eigenvalue weighted by molar-refractivity contribution is -0.121. The van der Waals surface area contributed by atoms with Crippen molar-refractivity contribution in [2.75, 3.05) is 24.3 Å². The Labute approximate surface area is 197 Å². The first-order chi connectivity index (χ1) is 16.0. The van der Waals surface area contributed by atoms with Gasteiger partial charge in [0.05, 0.1) is 25.3 Å². The average Bonchev–Trinajstić information content (AvgIpc) is 3.41. The number of anilines is 1. The number of para-hydroxylation sites is 1. The van der Waals surface area contributed by atoms with E-state index in [-0.39, 0.29) is 30.0 Å². The highest BCUT2D eigenvalue weighted by atomic mass is 32.2. The van der Waals surface area contributed by atoms with Crippen LogP contribution in [0.5, 0.6) is 5.75 Å². The Morgan fingerprint density at radius 3 is 2.67 bits per heavy atom. The topological polar surface area (TPSA) is 89.3 Å². The SMILES string of the molecule is COc1ccc(CC(=O)N[C@H](C)c2nnc(SCC(=O)N3CCc4ccccc43)n2C)cc1. The standard InChI is InChI=1S/C24H27N5O3S/c1-16(25-21(30)14-17-8-10-19(32-3)11-9-17)23-26-27-24(28(23)2)33-15-22(31)29-13-12-18-6-4-5-7-20(18)29/h4-11,16H,12-15H2,1-3H3,(H,25,30)/t16-/m1/s1. The van der Waals surface area contributed by atoms with Gasteiger partial charge in [-0.2, -0.15) is 0 Å². The number of rotatable bonds is 8. The summed E-state index contributed by atoms with van der Waals surface area (Å²) in [4.78, 5) is 27.1. The van der Waals surface area contributed by atoms with Gasteiger partial charge in [0, 0.05) is 19.3 Å². The number of aromatic nitrogens is 3. The van der Waals surface area contributed by atoms with E-state index in [0.717, 1.165) is 23.4 Å². The lowest BCUT2D eigenvalue weighted by Gasteiger charge is -2.17. The van der Waals surface area contributed by atoms with Crippen LogP contribution in [0.3, 0.4) is 0 Å². The summed E-state index contributed by atoms with van der Waals surface area (Å²) in [6, 6.07) is 15.1. The molecule has 1 N–H and O–H groups in total. The fourth-order valence-corrected chi connectivity index (χ4v) is 4.71. The molecule has 0 unspecified atom stereocenters. The Hall–Kier alpha value is -3.33. The van der Waals surface area contributed by atoms with Gasteiger partial charge in [-0.05, 0) is 42.7 Å². The molecule has 172 valence electrons. The lowest BCUT2D eigenvalue weighted by Crippen LogP contribution is -2.30. The number of nitrogens with one attached hydrogen (secondary N) is 1. The molecule has 1 atom stereocenters. The fraction of sp³-hybridized carbons (Fsp3) is 0.333. The Morgan fingerprint density at radius 2 is 1.91 bits per heavy atom. The maximum Gasteiger partial charge on any atom is 0.237 e. The number of carbonyl (C=O) groups is 2. The van der Waals surface area contributed by atoms with Crippen LogP contribution in [-0.2, 0) is 29.5 Å². The first kappa shape index (κ1) is 22.8. The summed E-state index contributed by atoms with van der Waals surface area (Å²) in [6.45, 7) is 2.58. The van der Waals surface area contributed by atoms with Gasteiger partial charge in [-0.3, -0.25) is 9.59 Å². The quantitative estimate of drug-likeness (QED) is 0.515. The summed E-state index contributed by atoms with van der Waals surface area (Å²) in [5.74, 6) is 1.62. The summed E-state index contributed by atoms with van der Waals surface area (Å²) >= 11 is 1.35. The number of fused-ring (bicyclic) bond motifs is 1. The maximum absolute atomic E-state index is 12.8. The molecule has 3 aromatic rings. The van der Waals surface area contributed by atoms with E-state index in [1.165, 1.54) is 17.3 Å². The lowest BCUT2D eigenvalue weighted by atomic mass is 10.1. The molecule has 1 aliphatic rings. The van der Waals surface area contributed by atoms with Crippen molar-refractivity contribution in [1.29, 1.82) is 0 Å². The van der Waals surface area contributed by atoms with Crippen LogP contribution >= 0.6 is 11.8 Å². The van der Waals surface area contributed by atoms with Crippen LogP contribution in [0.1, 0.15) is 29.9 Å². The average molecular weight is 466 g/mol. The Kier molecular flexibility index (Phi) is 6.98. The first-order valence-corrected chi connectivity index (χ1v) is 11.8. The molecule has 2 amide bonds. The van der Waals surface area contributed by atoms with Crippen LogP contribution in [-0.4, -0.2) is 46.0 Å². The monoisotopic (exact) mass is 465 g/mol. The highest BCUT2D eigenvalue weighted by molar-refractivity contribution is 7.99. The van der Waals surface area contributed by atoms with Crippen LogP contribution in [0.2, 0.25) is 0 Å². The highest BCUT2D eigenvalue weighted by Crippen LogP contribution is 2.29. The van der Waals surface area contributed by atoms with Gasteiger partial charge in [0.25, 0.3) is 0 Å². The molecule has 0 saturated heterocycles. The van der Waals surface area contributed by atoms with Crippen molar-refractivity contribution in [3.63, 3.8) is 0 Å². The second-order valence-corrected chi connectivity index (χ2v) is 8.87. The van der Waals surface area contributed by atoms with Gasteiger partial charge in [-0.25, -0.2) is 0 Å². The fourth-order valence-electron chi connectivity index (χ4n) is 3.92. The van der Waals surface area contributed by atoms with E-state index in [0.29, 0.717) is 17.5 Å². The van der Waals surface area contributed by atoms with E-state index in [4.69, 9.17) is 4.74 Å². The van der Waals surface area contributed by atoms with Gasteiger partial charge in [0.2, 0.25) is 11.8 Å². The van der Waals surface area contributed by atoms with Crippen molar-refractivity contribution < 1.29 is 14.3 Å². The van der Waals surface area contributed by atoms with Crippen LogP contribution in [0.15, 0.2) is 53.7 Å². The molecule has 0 spiro atoms. The van der Waals surface area contributed by atoms with Crippen LogP contribution < -0.4 is 15.0 Å². The van der Waals surface area contributed by atoms with Crippen LogP contribution in [0.25, 0.3) is 0 Å². The van der Waals surface area contributed by atoms with Crippen molar-refractivity contribution >= 4 is 29.3 Å². The van der Waals surface area contributed by atoms with E-state index in [1.807, 2.05) is 65.9 Å². The normalized spacial score (nSPS) is 13.5. The first-order valence-electron chi connectivity index (χ1n) is 10.8. The van der Waals surface area contributed by atoms with Crippen molar-refractivity contribution in [3.05, 3.63) is 65.5 Å². The Morgan fingerprint density at radius 1 is 1.15 bits per heavy atom. The molecule has 9 heteroatoms. The zero-order chi connectivity index (χ0) is 23.4. The third kappa shape index (κ3) is 5.19. The highest BCUT2D eigenvalue weighted by Gasteiger charge is 2.25. The Bertz CT molecular complexity index is 1150. The molecule has 0 fully saturated rings. The van der Waals surface area contributed by atoms with Gasteiger partial charge in [0.1, 0.15) is 5.75 Å². The number of hydrogen-bond donors (Lipinski definition) is 1. The molecule has 1 aliphatic heterocycles. The Balaban J connectivity index is 1.32. The second kappa shape index (κ2) is 10.1. The van der Waals surface area contributed by atoms with Gasteiger partial charge in [-0.1, -0.05) is 42.1 Å². The predicted octanol–water partition coefficient (Wildman–Crippen LogP) is 2.93. The van der Waals surface area contributed by atoms with Crippen LogP contribution in [0, 0.1) is 0 Å². The molecular formula is C24H27N5O3S. The molecule has 2 aromatic carbocycles.